The molecule has 114 valence electrons. The average Bonchev–Trinajstić information content (AvgIpc) is 2.33. The van der Waals surface area contributed by atoms with Gasteiger partial charge in [0.15, 0.2) is 0 Å². The quantitative estimate of drug-likeness (QED) is 0.702. The molecule has 1 rings (SSSR count). The molecule has 0 atom stereocenters. The van der Waals surface area contributed by atoms with Crippen LogP contribution in [0.3, 0.4) is 0 Å². The third-order valence-corrected chi connectivity index (χ3v) is 3.25. The molecular formula is C15H27N3O2. The maximum atomic E-state index is 10.1. The third-order valence-electron chi connectivity index (χ3n) is 3.25. The molecule has 0 radical (unpaired) electrons. The van der Waals surface area contributed by atoms with Gasteiger partial charge in [-0.2, -0.15) is 0 Å². The lowest BCUT2D eigenvalue weighted by molar-refractivity contribution is 0.231. The predicted octanol–water partition coefficient (Wildman–Crippen LogP) is 1.27. The Morgan fingerprint density at radius 2 is 2.00 bits per heavy atom. The zero-order valence-electron chi connectivity index (χ0n) is 13.2. The summed E-state index contributed by atoms with van der Waals surface area (Å²) in [4.78, 5) is 6.22. The number of rotatable bonds is 7. The molecule has 5 nitrogen and oxygen atoms in total. The van der Waals surface area contributed by atoms with Gasteiger partial charge in [0.1, 0.15) is 5.75 Å². The fourth-order valence-corrected chi connectivity index (χ4v) is 2.46. The van der Waals surface area contributed by atoms with Crippen molar-refractivity contribution in [3.63, 3.8) is 0 Å². The van der Waals surface area contributed by atoms with Gasteiger partial charge in [0.2, 0.25) is 0 Å². The van der Waals surface area contributed by atoms with Gasteiger partial charge in [0.05, 0.1) is 12.3 Å². The second-order valence-corrected chi connectivity index (χ2v) is 6.36. The van der Waals surface area contributed by atoms with E-state index in [1.807, 2.05) is 0 Å². The molecule has 0 unspecified atom stereocenters. The summed E-state index contributed by atoms with van der Waals surface area (Å²) in [5, 5.41) is 22.8. The minimum absolute atomic E-state index is 0.112. The van der Waals surface area contributed by atoms with Gasteiger partial charge in [-0.05, 0) is 26.4 Å². The number of aryl methyl sites for hydroxylation is 1. The van der Waals surface area contributed by atoms with Crippen LogP contribution in [0.4, 0.5) is 0 Å². The van der Waals surface area contributed by atoms with Crippen LogP contribution in [0.5, 0.6) is 5.75 Å². The molecule has 1 heterocycles. The van der Waals surface area contributed by atoms with E-state index in [0.717, 1.165) is 18.7 Å². The molecule has 20 heavy (non-hydrogen) atoms. The molecule has 0 saturated carbocycles. The van der Waals surface area contributed by atoms with E-state index < -0.39 is 0 Å². The molecule has 5 heteroatoms. The maximum absolute atomic E-state index is 10.1. The molecule has 0 spiro atoms. The van der Waals surface area contributed by atoms with E-state index in [9.17, 15) is 10.2 Å². The van der Waals surface area contributed by atoms with Crippen LogP contribution in [0.2, 0.25) is 0 Å². The first-order valence-electron chi connectivity index (χ1n) is 6.89. The van der Waals surface area contributed by atoms with Crippen molar-refractivity contribution in [2.75, 3.05) is 27.2 Å². The van der Waals surface area contributed by atoms with Crippen molar-refractivity contribution in [3.05, 3.63) is 23.0 Å². The number of hydrogen-bond acceptors (Lipinski definition) is 5. The minimum Gasteiger partial charge on any atom is -0.506 e. The van der Waals surface area contributed by atoms with Gasteiger partial charge in [-0.25, -0.2) is 0 Å². The van der Waals surface area contributed by atoms with E-state index in [4.69, 9.17) is 0 Å². The fourth-order valence-electron chi connectivity index (χ4n) is 2.46. The molecule has 3 N–H and O–H groups in total. The molecule has 0 aliphatic carbocycles. The second kappa shape index (κ2) is 7.02. The van der Waals surface area contributed by atoms with Gasteiger partial charge < -0.3 is 20.4 Å². The largest absolute Gasteiger partial charge is 0.506 e. The Balaban J connectivity index is 2.69. The topological polar surface area (TPSA) is 68.6 Å². The maximum Gasteiger partial charge on any atom is 0.141 e. The molecule has 0 bridgehead atoms. The number of hydrogen-bond donors (Lipinski definition) is 3. The number of pyridine rings is 1. The van der Waals surface area contributed by atoms with Gasteiger partial charge in [0, 0.05) is 37.0 Å². The summed E-state index contributed by atoms with van der Waals surface area (Å²) in [6.45, 7) is 8.39. The standard InChI is InChI=1S/C15H27N3O2/c1-11-14(20)13(12(8-19)6-17-11)7-16-9-15(2,3)10-18(4)5/h6,16,19-20H,7-10H2,1-5H3. The Morgan fingerprint density at radius 3 is 2.55 bits per heavy atom. The lowest BCUT2D eigenvalue weighted by Gasteiger charge is -2.28. The SMILES string of the molecule is Cc1ncc(CO)c(CNCC(C)(C)CN(C)C)c1O. The van der Waals surface area contributed by atoms with Crippen LogP contribution in [0.1, 0.15) is 30.7 Å². The highest BCUT2D eigenvalue weighted by Crippen LogP contribution is 2.24. The van der Waals surface area contributed by atoms with Crippen molar-refractivity contribution >= 4 is 0 Å². The molecule has 1 aromatic rings. The van der Waals surface area contributed by atoms with E-state index in [-0.39, 0.29) is 17.8 Å². The molecule has 0 aliphatic heterocycles. The highest BCUT2D eigenvalue weighted by molar-refractivity contribution is 5.40. The van der Waals surface area contributed by atoms with Crippen LogP contribution in [0, 0.1) is 12.3 Å². The summed E-state index contributed by atoms with van der Waals surface area (Å²) in [6, 6.07) is 0. The Bertz CT molecular complexity index is 445. The number of aromatic hydroxyl groups is 1. The zero-order chi connectivity index (χ0) is 15.3. The summed E-state index contributed by atoms with van der Waals surface area (Å²) >= 11 is 0. The number of nitrogens with zero attached hydrogens (tertiary/aromatic N) is 2. The minimum atomic E-state index is -0.112. The lowest BCUT2D eigenvalue weighted by atomic mass is 9.93. The number of aliphatic hydroxyl groups is 1. The molecule has 1 aromatic heterocycles. The first kappa shape index (κ1) is 16.9. The highest BCUT2D eigenvalue weighted by Gasteiger charge is 2.19. The Kier molecular flexibility index (Phi) is 5.92. The highest BCUT2D eigenvalue weighted by atomic mass is 16.3. The summed E-state index contributed by atoms with van der Waals surface area (Å²) in [5.74, 6) is 0.175. The van der Waals surface area contributed by atoms with Crippen LogP contribution in [0.15, 0.2) is 6.20 Å². The van der Waals surface area contributed by atoms with Crippen molar-refractivity contribution < 1.29 is 10.2 Å². The first-order chi connectivity index (χ1) is 9.26. The molecular weight excluding hydrogens is 254 g/mol. The summed E-state index contributed by atoms with van der Waals surface area (Å²) in [7, 11) is 4.12. The molecule has 0 aliphatic rings. The van der Waals surface area contributed by atoms with Crippen molar-refractivity contribution in [1.29, 1.82) is 0 Å². The van der Waals surface area contributed by atoms with E-state index in [0.29, 0.717) is 17.8 Å². The zero-order valence-corrected chi connectivity index (χ0v) is 13.2. The predicted molar refractivity (Wildman–Crippen MR) is 80.6 cm³/mol. The van der Waals surface area contributed by atoms with Gasteiger partial charge in [0.25, 0.3) is 0 Å². The number of aromatic nitrogens is 1. The molecule has 0 aromatic carbocycles. The first-order valence-corrected chi connectivity index (χ1v) is 6.89. The van der Waals surface area contributed by atoms with Gasteiger partial charge in [-0.3, -0.25) is 4.98 Å². The van der Waals surface area contributed by atoms with E-state index in [1.54, 1.807) is 13.1 Å². The Morgan fingerprint density at radius 1 is 1.35 bits per heavy atom. The molecule has 0 saturated heterocycles. The van der Waals surface area contributed by atoms with Crippen LogP contribution < -0.4 is 5.32 Å². The molecule has 0 fully saturated rings. The number of nitrogens with one attached hydrogen (secondary N) is 1. The lowest BCUT2D eigenvalue weighted by Crippen LogP contribution is -2.37. The average molecular weight is 281 g/mol. The number of aliphatic hydroxyl groups excluding tert-OH is 1. The van der Waals surface area contributed by atoms with E-state index >= 15 is 0 Å². The van der Waals surface area contributed by atoms with E-state index in [2.05, 4.69) is 43.1 Å². The van der Waals surface area contributed by atoms with Gasteiger partial charge in [-0.15, -0.1) is 0 Å². The smallest absolute Gasteiger partial charge is 0.141 e. The summed E-state index contributed by atoms with van der Waals surface area (Å²) < 4.78 is 0. The second-order valence-electron chi connectivity index (χ2n) is 6.36. The Labute approximate surface area is 121 Å². The summed E-state index contributed by atoms with van der Waals surface area (Å²) in [5.41, 5.74) is 2.14. The van der Waals surface area contributed by atoms with Crippen molar-refractivity contribution in [2.45, 2.75) is 33.9 Å². The van der Waals surface area contributed by atoms with E-state index in [1.165, 1.54) is 0 Å². The molecule has 0 amide bonds. The van der Waals surface area contributed by atoms with Crippen molar-refractivity contribution in [1.82, 2.24) is 15.2 Å². The Hall–Kier alpha value is -1.17. The van der Waals surface area contributed by atoms with Gasteiger partial charge >= 0.3 is 0 Å². The van der Waals surface area contributed by atoms with Crippen LogP contribution in [-0.4, -0.2) is 47.3 Å². The van der Waals surface area contributed by atoms with Crippen LogP contribution in [0.25, 0.3) is 0 Å². The van der Waals surface area contributed by atoms with Crippen LogP contribution >= 0.6 is 0 Å². The fraction of sp³-hybridized carbons (Fsp3) is 0.667. The van der Waals surface area contributed by atoms with Gasteiger partial charge in [-0.1, -0.05) is 13.8 Å². The third kappa shape index (κ3) is 4.74. The summed E-state index contributed by atoms with van der Waals surface area (Å²) in [6.07, 6.45) is 1.62. The van der Waals surface area contributed by atoms with Crippen LogP contribution in [-0.2, 0) is 13.2 Å². The normalized spacial score (nSPS) is 12.2. The van der Waals surface area contributed by atoms with Crippen molar-refractivity contribution in [2.24, 2.45) is 5.41 Å². The van der Waals surface area contributed by atoms with Crippen molar-refractivity contribution in [3.8, 4) is 5.75 Å². The monoisotopic (exact) mass is 281 g/mol.